The summed E-state index contributed by atoms with van der Waals surface area (Å²) >= 11 is 1.70. The number of carbonyl (C=O) groups excluding carboxylic acids is 1. The molecule has 0 fully saturated rings. The zero-order valence-electron chi connectivity index (χ0n) is 6.68. The molecule has 0 atom stereocenters. The summed E-state index contributed by atoms with van der Waals surface area (Å²) in [7, 11) is 0. The quantitative estimate of drug-likeness (QED) is 0.714. The van der Waals surface area contributed by atoms with E-state index >= 15 is 0 Å². The van der Waals surface area contributed by atoms with Gasteiger partial charge in [0.1, 0.15) is 0 Å². The van der Waals surface area contributed by atoms with Crippen molar-refractivity contribution in [1.29, 1.82) is 0 Å². The van der Waals surface area contributed by atoms with E-state index in [-0.39, 0.29) is 5.91 Å². The molecule has 0 unspecified atom stereocenters. The minimum atomic E-state index is -0.258. The number of thiophene rings is 1. The maximum Gasteiger partial charge on any atom is 0.221 e. The molecule has 0 spiro atoms. The number of carbonyl (C=O) groups is 1. The molecule has 1 aromatic heterocycles. The number of rotatable bonds is 2. The van der Waals surface area contributed by atoms with Crippen LogP contribution in [0.3, 0.4) is 0 Å². The monoisotopic (exact) mass is 169 g/mol. The molecule has 0 bridgehead atoms. The fourth-order valence-electron chi connectivity index (χ4n) is 1.05. The summed E-state index contributed by atoms with van der Waals surface area (Å²) in [6, 6.07) is 2.02. The normalized spacial score (nSPS) is 10.0. The first kappa shape index (κ1) is 8.27. The van der Waals surface area contributed by atoms with E-state index in [0.717, 1.165) is 5.56 Å². The highest BCUT2D eigenvalue weighted by molar-refractivity contribution is 7.12. The van der Waals surface area contributed by atoms with Gasteiger partial charge in [-0.05, 0) is 25.5 Å². The van der Waals surface area contributed by atoms with Crippen molar-refractivity contribution >= 4 is 17.2 Å². The lowest BCUT2D eigenvalue weighted by Gasteiger charge is -1.92. The molecular formula is C8H11NOS. The second kappa shape index (κ2) is 3.05. The van der Waals surface area contributed by atoms with Crippen molar-refractivity contribution < 1.29 is 4.79 Å². The number of nitrogens with two attached hydrogens (primary N) is 1. The molecule has 0 aliphatic heterocycles. The van der Waals surface area contributed by atoms with E-state index in [1.165, 1.54) is 9.75 Å². The lowest BCUT2D eigenvalue weighted by Crippen LogP contribution is -2.13. The van der Waals surface area contributed by atoms with Crippen LogP contribution in [-0.2, 0) is 11.2 Å². The molecule has 60 valence electrons. The third-order valence-corrected chi connectivity index (χ3v) is 2.52. The van der Waals surface area contributed by atoms with Crippen molar-refractivity contribution in [3.8, 4) is 0 Å². The smallest absolute Gasteiger partial charge is 0.221 e. The zero-order valence-corrected chi connectivity index (χ0v) is 7.49. The Morgan fingerprint density at radius 1 is 1.64 bits per heavy atom. The summed E-state index contributed by atoms with van der Waals surface area (Å²) < 4.78 is 0. The predicted octanol–water partition coefficient (Wildman–Crippen LogP) is 1.39. The minimum Gasteiger partial charge on any atom is -0.369 e. The molecule has 11 heavy (non-hydrogen) atoms. The predicted molar refractivity (Wildman–Crippen MR) is 46.7 cm³/mol. The molecule has 1 amide bonds. The Bertz CT molecular complexity index is 278. The molecule has 0 aromatic carbocycles. The lowest BCUT2D eigenvalue weighted by atomic mass is 10.2. The molecule has 1 heterocycles. The van der Waals surface area contributed by atoms with Gasteiger partial charge in [0, 0.05) is 9.75 Å². The maximum atomic E-state index is 10.6. The van der Waals surface area contributed by atoms with Gasteiger partial charge in [0.15, 0.2) is 0 Å². The number of aryl methyl sites for hydroxylation is 2. The van der Waals surface area contributed by atoms with Crippen LogP contribution in [0, 0.1) is 13.8 Å². The first-order chi connectivity index (χ1) is 5.09. The highest BCUT2D eigenvalue weighted by Gasteiger charge is 2.04. The summed E-state index contributed by atoms with van der Waals surface area (Å²) in [6.07, 6.45) is 0.371. The first-order valence-electron chi connectivity index (χ1n) is 3.44. The minimum absolute atomic E-state index is 0.258. The van der Waals surface area contributed by atoms with Crippen LogP contribution in [0.5, 0.6) is 0 Å². The standard InChI is InChI=1S/C8H11NOS/c1-5-3-7(4-8(9)10)6(2)11-5/h3H,4H2,1-2H3,(H2,9,10). The van der Waals surface area contributed by atoms with E-state index in [2.05, 4.69) is 0 Å². The van der Waals surface area contributed by atoms with Gasteiger partial charge in [0.2, 0.25) is 5.91 Å². The highest BCUT2D eigenvalue weighted by Crippen LogP contribution is 2.20. The number of primary amides is 1. The van der Waals surface area contributed by atoms with Crippen molar-refractivity contribution in [3.63, 3.8) is 0 Å². The van der Waals surface area contributed by atoms with E-state index in [9.17, 15) is 4.79 Å². The SMILES string of the molecule is Cc1cc(CC(N)=O)c(C)s1. The highest BCUT2D eigenvalue weighted by atomic mass is 32.1. The van der Waals surface area contributed by atoms with Crippen LogP contribution in [0.4, 0.5) is 0 Å². The zero-order chi connectivity index (χ0) is 8.43. The van der Waals surface area contributed by atoms with E-state index in [1.54, 1.807) is 11.3 Å². The molecule has 3 heteroatoms. The van der Waals surface area contributed by atoms with Crippen molar-refractivity contribution in [1.82, 2.24) is 0 Å². The summed E-state index contributed by atoms with van der Waals surface area (Å²) in [5.41, 5.74) is 6.14. The summed E-state index contributed by atoms with van der Waals surface area (Å²) in [5.74, 6) is -0.258. The van der Waals surface area contributed by atoms with Crippen LogP contribution in [0.1, 0.15) is 15.3 Å². The molecule has 1 rings (SSSR count). The summed E-state index contributed by atoms with van der Waals surface area (Å²) in [5, 5.41) is 0. The third kappa shape index (κ3) is 2.05. The third-order valence-electron chi connectivity index (χ3n) is 1.51. The van der Waals surface area contributed by atoms with Gasteiger partial charge in [0.25, 0.3) is 0 Å². The fourth-order valence-corrected chi connectivity index (χ4v) is 1.99. The summed E-state index contributed by atoms with van der Waals surface area (Å²) in [6.45, 7) is 4.04. The molecule has 1 aromatic rings. The van der Waals surface area contributed by atoms with E-state index in [4.69, 9.17) is 5.73 Å². The molecular weight excluding hydrogens is 158 g/mol. The largest absolute Gasteiger partial charge is 0.369 e. The lowest BCUT2D eigenvalue weighted by molar-refractivity contribution is -0.117. The van der Waals surface area contributed by atoms with Gasteiger partial charge in [-0.3, -0.25) is 4.79 Å². The Balaban J connectivity index is 2.85. The van der Waals surface area contributed by atoms with Gasteiger partial charge < -0.3 is 5.73 Å². The molecule has 0 saturated heterocycles. The molecule has 0 aliphatic carbocycles. The van der Waals surface area contributed by atoms with Crippen molar-refractivity contribution in [2.45, 2.75) is 20.3 Å². The van der Waals surface area contributed by atoms with Crippen LogP contribution in [0.2, 0.25) is 0 Å². The van der Waals surface area contributed by atoms with Crippen LogP contribution < -0.4 is 5.73 Å². The van der Waals surface area contributed by atoms with Gasteiger partial charge in [-0.25, -0.2) is 0 Å². The van der Waals surface area contributed by atoms with Gasteiger partial charge in [-0.15, -0.1) is 11.3 Å². The van der Waals surface area contributed by atoms with E-state index < -0.39 is 0 Å². The maximum absolute atomic E-state index is 10.6. The Hall–Kier alpha value is -0.830. The average molecular weight is 169 g/mol. The van der Waals surface area contributed by atoms with Crippen LogP contribution >= 0.6 is 11.3 Å². The Kier molecular flexibility index (Phi) is 2.29. The average Bonchev–Trinajstić information content (AvgIpc) is 2.09. The molecule has 0 aliphatic rings. The van der Waals surface area contributed by atoms with Crippen molar-refractivity contribution in [2.24, 2.45) is 5.73 Å². The van der Waals surface area contributed by atoms with Crippen molar-refractivity contribution in [3.05, 3.63) is 21.4 Å². The van der Waals surface area contributed by atoms with Gasteiger partial charge in [0.05, 0.1) is 6.42 Å². The Labute approximate surface area is 70.0 Å². The number of amides is 1. The fraction of sp³-hybridized carbons (Fsp3) is 0.375. The molecule has 0 radical (unpaired) electrons. The topological polar surface area (TPSA) is 43.1 Å². The summed E-state index contributed by atoms with van der Waals surface area (Å²) in [4.78, 5) is 13.0. The Morgan fingerprint density at radius 3 is 2.64 bits per heavy atom. The molecule has 2 nitrogen and oxygen atoms in total. The van der Waals surface area contributed by atoms with Gasteiger partial charge in [-0.1, -0.05) is 0 Å². The Morgan fingerprint density at radius 2 is 2.27 bits per heavy atom. The molecule has 2 N–H and O–H groups in total. The van der Waals surface area contributed by atoms with Gasteiger partial charge >= 0.3 is 0 Å². The van der Waals surface area contributed by atoms with Crippen molar-refractivity contribution in [2.75, 3.05) is 0 Å². The molecule has 0 saturated carbocycles. The van der Waals surface area contributed by atoms with E-state index in [0.29, 0.717) is 6.42 Å². The first-order valence-corrected chi connectivity index (χ1v) is 4.25. The van der Waals surface area contributed by atoms with Gasteiger partial charge in [-0.2, -0.15) is 0 Å². The number of hydrogen-bond donors (Lipinski definition) is 1. The van der Waals surface area contributed by atoms with Crippen LogP contribution in [0.25, 0.3) is 0 Å². The van der Waals surface area contributed by atoms with E-state index in [1.807, 2.05) is 19.9 Å². The second-order valence-corrected chi connectivity index (χ2v) is 4.04. The second-order valence-electron chi connectivity index (χ2n) is 2.58. The van der Waals surface area contributed by atoms with Crippen LogP contribution in [0.15, 0.2) is 6.07 Å². The number of hydrogen-bond acceptors (Lipinski definition) is 2. The van der Waals surface area contributed by atoms with Crippen LogP contribution in [-0.4, -0.2) is 5.91 Å².